The molecule has 1 aliphatic carbocycles. The van der Waals surface area contributed by atoms with Crippen molar-refractivity contribution in [2.75, 3.05) is 6.54 Å². The van der Waals surface area contributed by atoms with Crippen LogP contribution in [0.4, 0.5) is 0 Å². The number of nitrogens with zero attached hydrogens (tertiary/aromatic N) is 2. The molecule has 3 atom stereocenters. The third kappa shape index (κ3) is 1.73. The van der Waals surface area contributed by atoms with Gasteiger partial charge in [0.1, 0.15) is 12.0 Å². The van der Waals surface area contributed by atoms with Crippen molar-refractivity contribution < 1.29 is 9.59 Å². The number of rotatable bonds is 3. The predicted molar refractivity (Wildman–Crippen MR) is 59.6 cm³/mol. The molecule has 0 saturated carbocycles. The predicted octanol–water partition coefficient (Wildman–Crippen LogP) is -0.0770. The van der Waals surface area contributed by atoms with Crippen LogP contribution in [-0.2, 0) is 9.59 Å². The first-order chi connectivity index (χ1) is 7.63. The molecule has 5 nitrogen and oxygen atoms in total. The monoisotopic (exact) mass is 221 g/mol. The third-order valence-electron chi connectivity index (χ3n) is 3.12. The van der Waals surface area contributed by atoms with Crippen molar-refractivity contribution >= 4 is 17.9 Å². The van der Waals surface area contributed by atoms with Crippen molar-refractivity contribution in [1.82, 2.24) is 5.01 Å². The highest BCUT2D eigenvalue weighted by molar-refractivity contribution is 6.40. The van der Waals surface area contributed by atoms with E-state index in [1.165, 1.54) is 0 Å². The number of hydrogen-bond acceptors (Lipinski definition) is 4. The highest BCUT2D eigenvalue weighted by Gasteiger charge is 2.40. The minimum absolute atomic E-state index is 0.0475. The lowest BCUT2D eigenvalue weighted by Crippen LogP contribution is -2.39. The molecule has 1 aliphatic heterocycles. The Morgan fingerprint density at radius 2 is 2.44 bits per heavy atom. The summed E-state index contributed by atoms with van der Waals surface area (Å²) in [5.74, 6) is -0.103. The first-order valence-electron chi connectivity index (χ1n) is 5.40. The summed E-state index contributed by atoms with van der Waals surface area (Å²) in [6.45, 7) is 2.33. The van der Waals surface area contributed by atoms with E-state index in [4.69, 9.17) is 5.73 Å². The van der Waals surface area contributed by atoms with Crippen LogP contribution in [0, 0.1) is 11.8 Å². The minimum Gasteiger partial charge on any atom is -0.364 e. The van der Waals surface area contributed by atoms with Crippen LogP contribution in [0.1, 0.15) is 13.3 Å². The lowest BCUT2D eigenvalue weighted by Gasteiger charge is -2.29. The molecule has 0 aromatic carbocycles. The van der Waals surface area contributed by atoms with Crippen LogP contribution in [0.3, 0.4) is 0 Å². The Labute approximate surface area is 94.0 Å². The Kier molecular flexibility index (Phi) is 2.77. The van der Waals surface area contributed by atoms with E-state index in [1.54, 1.807) is 5.01 Å². The molecule has 86 valence electrons. The summed E-state index contributed by atoms with van der Waals surface area (Å²) in [6, 6.07) is 0.104. The van der Waals surface area contributed by atoms with Crippen LogP contribution < -0.4 is 5.73 Å². The molecule has 2 rings (SSSR count). The summed E-state index contributed by atoms with van der Waals surface area (Å²) in [6.07, 6.45) is 5.75. The van der Waals surface area contributed by atoms with Gasteiger partial charge in [-0.15, -0.1) is 0 Å². The maximum Gasteiger partial charge on any atom is 0.265 e. The number of hydrazone groups is 1. The number of fused-ring (bicyclic) bond motifs is 1. The van der Waals surface area contributed by atoms with Gasteiger partial charge in [-0.2, -0.15) is 5.10 Å². The molecular formula is C11H15N3O2. The average molecular weight is 221 g/mol. The van der Waals surface area contributed by atoms with E-state index >= 15 is 0 Å². The van der Waals surface area contributed by atoms with Gasteiger partial charge >= 0.3 is 0 Å². The fourth-order valence-electron chi connectivity index (χ4n) is 2.37. The Morgan fingerprint density at radius 1 is 1.69 bits per heavy atom. The van der Waals surface area contributed by atoms with Crippen LogP contribution in [-0.4, -0.2) is 35.5 Å². The number of amides is 1. The molecule has 16 heavy (non-hydrogen) atoms. The van der Waals surface area contributed by atoms with Gasteiger partial charge in [-0.05, 0) is 12.3 Å². The summed E-state index contributed by atoms with van der Waals surface area (Å²) in [5.41, 5.74) is 5.65. The normalized spacial score (nSPS) is 32.2. The summed E-state index contributed by atoms with van der Waals surface area (Å²) in [5, 5.41) is 5.83. The zero-order valence-corrected chi connectivity index (χ0v) is 9.17. The number of primary amides is 1. The second kappa shape index (κ2) is 4.08. The molecule has 0 spiro atoms. The largest absolute Gasteiger partial charge is 0.364 e. The van der Waals surface area contributed by atoms with E-state index in [9.17, 15) is 9.59 Å². The molecule has 2 N–H and O–H groups in total. The zero-order valence-electron chi connectivity index (χ0n) is 9.17. The molecule has 1 unspecified atom stereocenters. The molecule has 0 saturated heterocycles. The van der Waals surface area contributed by atoms with E-state index in [0.717, 1.165) is 12.7 Å². The van der Waals surface area contributed by atoms with E-state index in [-0.39, 0.29) is 18.5 Å². The Balaban J connectivity index is 2.27. The summed E-state index contributed by atoms with van der Waals surface area (Å²) in [7, 11) is 0. The number of carbonyl (C=O) groups is 2. The Bertz CT molecular complexity index is 375. The van der Waals surface area contributed by atoms with Gasteiger partial charge in [0.25, 0.3) is 5.91 Å². The molecular weight excluding hydrogens is 206 g/mol. The highest BCUT2D eigenvalue weighted by Crippen LogP contribution is 2.32. The van der Waals surface area contributed by atoms with Crippen molar-refractivity contribution in [2.45, 2.75) is 19.4 Å². The van der Waals surface area contributed by atoms with E-state index in [1.807, 2.05) is 6.08 Å². The van der Waals surface area contributed by atoms with E-state index < -0.39 is 5.91 Å². The van der Waals surface area contributed by atoms with Crippen molar-refractivity contribution in [2.24, 2.45) is 22.7 Å². The van der Waals surface area contributed by atoms with Gasteiger partial charge in [-0.3, -0.25) is 9.80 Å². The summed E-state index contributed by atoms with van der Waals surface area (Å²) >= 11 is 0. The van der Waals surface area contributed by atoms with Crippen molar-refractivity contribution in [1.29, 1.82) is 0 Å². The van der Waals surface area contributed by atoms with Crippen molar-refractivity contribution in [3.63, 3.8) is 0 Å². The second-order valence-corrected chi connectivity index (χ2v) is 4.33. The minimum atomic E-state index is -0.498. The number of nitrogens with two attached hydrogens (primary N) is 1. The van der Waals surface area contributed by atoms with Gasteiger partial charge in [0, 0.05) is 5.92 Å². The number of carbonyl (C=O) groups excluding carboxylic acids is 2. The quantitative estimate of drug-likeness (QED) is 0.535. The zero-order chi connectivity index (χ0) is 11.7. The highest BCUT2D eigenvalue weighted by atomic mass is 16.1. The molecule has 1 amide bonds. The first kappa shape index (κ1) is 10.9. The van der Waals surface area contributed by atoms with Crippen molar-refractivity contribution in [3.8, 4) is 0 Å². The fourth-order valence-corrected chi connectivity index (χ4v) is 2.37. The molecule has 0 bridgehead atoms. The maximum atomic E-state index is 11.2. The van der Waals surface area contributed by atoms with E-state index in [0.29, 0.717) is 11.6 Å². The summed E-state index contributed by atoms with van der Waals surface area (Å²) in [4.78, 5) is 21.8. The van der Waals surface area contributed by atoms with Crippen molar-refractivity contribution in [3.05, 3.63) is 12.2 Å². The Hall–Kier alpha value is -1.65. The van der Waals surface area contributed by atoms with Crippen LogP contribution in [0.2, 0.25) is 0 Å². The third-order valence-corrected chi connectivity index (χ3v) is 3.12. The number of hydrogen-bond donors (Lipinski definition) is 1. The lowest BCUT2D eigenvalue weighted by atomic mass is 9.83. The molecule has 1 heterocycles. The number of aldehydes is 1. The van der Waals surface area contributed by atoms with Gasteiger partial charge in [0.2, 0.25) is 0 Å². The van der Waals surface area contributed by atoms with Gasteiger partial charge in [0.05, 0.1) is 12.6 Å². The van der Waals surface area contributed by atoms with Crippen LogP contribution in [0.15, 0.2) is 17.3 Å². The summed E-state index contributed by atoms with van der Waals surface area (Å²) < 4.78 is 0. The molecule has 0 aromatic heterocycles. The maximum absolute atomic E-state index is 11.2. The average Bonchev–Trinajstić information content (AvgIpc) is 2.58. The number of allylic oxidation sites excluding steroid dienone is 1. The topological polar surface area (TPSA) is 75.8 Å². The lowest BCUT2D eigenvalue weighted by molar-refractivity contribution is -0.112. The standard InChI is InChI=1S/C11H15N3O2/c1-7-2-3-8-9(6-7)14(4-5-15)13-10(8)11(12)16/h2-3,5,7-9H,4,6H2,1H3,(H2,12,16)/t7-,8+,9?/m0/s1. The first-order valence-corrected chi connectivity index (χ1v) is 5.40. The molecule has 0 aromatic rings. The molecule has 5 heteroatoms. The fraction of sp³-hybridized carbons (Fsp3) is 0.545. The van der Waals surface area contributed by atoms with Crippen LogP contribution in [0.25, 0.3) is 0 Å². The smallest absolute Gasteiger partial charge is 0.265 e. The SMILES string of the molecule is C[C@H]1C=C[C@H]2C(C(N)=O)=NN(CC=O)C2C1. The van der Waals surface area contributed by atoms with Gasteiger partial charge in [0.15, 0.2) is 0 Å². The van der Waals surface area contributed by atoms with Crippen LogP contribution in [0.5, 0.6) is 0 Å². The van der Waals surface area contributed by atoms with Gasteiger partial charge in [-0.25, -0.2) is 0 Å². The molecule has 0 radical (unpaired) electrons. The van der Waals surface area contributed by atoms with Crippen LogP contribution >= 0.6 is 0 Å². The Morgan fingerprint density at radius 3 is 3.06 bits per heavy atom. The van der Waals surface area contributed by atoms with Gasteiger partial charge in [-0.1, -0.05) is 19.1 Å². The molecule has 0 fully saturated rings. The molecule has 2 aliphatic rings. The van der Waals surface area contributed by atoms with Gasteiger partial charge < -0.3 is 10.5 Å². The van der Waals surface area contributed by atoms with E-state index in [2.05, 4.69) is 18.1 Å². The second-order valence-electron chi connectivity index (χ2n) is 4.33.